The monoisotopic (exact) mass is 339 g/mol. The molecule has 0 amide bonds. The third kappa shape index (κ3) is 3.80. The molecule has 0 unspecified atom stereocenters. The maximum Gasteiger partial charge on any atom is 0.161 e. The average Bonchev–Trinajstić information content (AvgIpc) is 2.91. The van der Waals surface area contributed by atoms with Gasteiger partial charge < -0.3 is 18.5 Å². The van der Waals surface area contributed by atoms with E-state index in [-0.39, 0.29) is 0 Å². The Labute approximate surface area is 149 Å². The Morgan fingerprint density at radius 1 is 0.920 bits per heavy atom. The molecule has 0 spiro atoms. The Kier molecular flexibility index (Phi) is 4.73. The number of rotatable bonds is 6. The molecule has 0 aliphatic carbocycles. The maximum absolute atomic E-state index is 5.44. The lowest BCUT2D eigenvalue weighted by Gasteiger charge is -2.23. The molecule has 0 saturated heterocycles. The first-order valence-electron chi connectivity index (χ1n) is 8.49. The molecular weight excluding hydrogens is 312 g/mol. The van der Waals surface area contributed by atoms with E-state index in [4.69, 9.17) is 9.47 Å². The zero-order valence-corrected chi connectivity index (χ0v) is 15.7. The third-order valence-electron chi connectivity index (χ3n) is 4.32. The lowest BCUT2D eigenvalue weighted by atomic mass is 10.1. The highest BCUT2D eigenvalue weighted by atomic mass is 16.5. The summed E-state index contributed by atoms with van der Waals surface area (Å²) in [6, 6.07) is 14.7. The minimum absolute atomic E-state index is 0.759. The van der Waals surface area contributed by atoms with Gasteiger partial charge in [0, 0.05) is 29.2 Å². The highest BCUT2D eigenvalue weighted by molar-refractivity contribution is 5.84. The molecule has 2 aromatic carbocycles. The molecule has 0 fully saturated rings. The Morgan fingerprint density at radius 2 is 1.64 bits per heavy atom. The summed E-state index contributed by atoms with van der Waals surface area (Å²) in [6.07, 6.45) is 2.28. The van der Waals surface area contributed by atoms with Crippen LogP contribution in [0.15, 0.2) is 48.7 Å². The van der Waals surface area contributed by atoms with E-state index in [0.29, 0.717) is 0 Å². The Bertz CT molecular complexity index is 875. The van der Waals surface area contributed by atoms with Gasteiger partial charge in [0.05, 0.1) is 35.4 Å². The quantitative estimate of drug-likeness (QED) is 0.636. The molecule has 1 heterocycles. The highest BCUT2D eigenvalue weighted by Crippen LogP contribution is 2.29. The second kappa shape index (κ2) is 6.81. The zero-order chi connectivity index (χ0) is 18.0. The molecule has 0 aliphatic rings. The maximum atomic E-state index is 5.44. The van der Waals surface area contributed by atoms with Crippen LogP contribution in [0.3, 0.4) is 0 Å². The molecule has 0 bridgehead atoms. The van der Waals surface area contributed by atoms with Crippen LogP contribution in [-0.2, 0) is 13.1 Å². The number of para-hydroxylation sites is 1. The van der Waals surface area contributed by atoms with Crippen LogP contribution in [0.1, 0.15) is 11.1 Å². The van der Waals surface area contributed by atoms with Gasteiger partial charge in [-0.25, -0.2) is 0 Å². The van der Waals surface area contributed by atoms with Gasteiger partial charge in [0.15, 0.2) is 11.5 Å². The molecule has 0 aliphatic heterocycles. The van der Waals surface area contributed by atoms with Gasteiger partial charge in [-0.3, -0.25) is 0 Å². The van der Waals surface area contributed by atoms with Crippen LogP contribution in [0.2, 0.25) is 0 Å². The van der Waals surface area contributed by atoms with Crippen molar-refractivity contribution in [3.05, 3.63) is 59.8 Å². The normalized spacial score (nSPS) is 11.7. The first-order valence-corrected chi connectivity index (χ1v) is 8.49. The van der Waals surface area contributed by atoms with Crippen molar-refractivity contribution in [2.24, 2.45) is 0 Å². The van der Waals surface area contributed by atoms with E-state index >= 15 is 0 Å². The molecular formula is C21H27N2O2+. The second-order valence-corrected chi connectivity index (χ2v) is 7.44. The molecule has 0 saturated carbocycles. The predicted octanol–water partition coefficient (Wildman–Crippen LogP) is 3.91. The van der Waals surface area contributed by atoms with Crippen LogP contribution >= 0.6 is 0 Å². The van der Waals surface area contributed by atoms with Crippen LogP contribution in [0, 0.1) is 0 Å². The summed E-state index contributed by atoms with van der Waals surface area (Å²) in [5.41, 5.74) is 3.83. The summed E-state index contributed by atoms with van der Waals surface area (Å²) in [5, 5.41) is 1.33. The number of aromatic nitrogens is 1. The summed E-state index contributed by atoms with van der Waals surface area (Å²) in [5.74, 6) is 1.53. The molecule has 3 rings (SSSR count). The molecule has 0 radical (unpaired) electrons. The van der Waals surface area contributed by atoms with E-state index in [0.717, 1.165) is 29.1 Å². The molecule has 132 valence electrons. The number of benzene rings is 2. The average molecular weight is 339 g/mol. The van der Waals surface area contributed by atoms with Crippen molar-refractivity contribution in [2.75, 3.05) is 35.4 Å². The van der Waals surface area contributed by atoms with Crippen molar-refractivity contribution in [2.45, 2.75) is 13.1 Å². The minimum atomic E-state index is 0.759. The lowest BCUT2D eigenvalue weighted by Crippen LogP contribution is -2.33. The number of hydrogen-bond donors (Lipinski definition) is 0. The Morgan fingerprint density at radius 3 is 2.32 bits per heavy atom. The van der Waals surface area contributed by atoms with Gasteiger partial charge in [-0.15, -0.1) is 0 Å². The fraction of sp³-hybridized carbons (Fsp3) is 0.333. The summed E-state index contributed by atoms with van der Waals surface area (Å²) < 4.78 is 14.0. The highest BCUT2D eigenvalue weighted by Gasteiger charge is 2.15. The van der Waals surface area contributed by atoms with E-state index in [1.54, 1.807) is 14.2 Å². The summed E-state index contributed by atoms with van der Waals surface area (Å²) >= 11 is 0. The largest absolute Gasteiger partial charge is 0.493 e. The van der Waals surface area contributed by atoms with Gasteiger partial charge in [0.1, 0.15) is 6.54 Å². The van der Waals surface area contributed by atoms with Gasteiger partial charge in [0.25, 0.3) is 0 Å². The summed E-state index contributed by atoms with van der Waals surface area (Å²) in [4.78, 5) is 0. The van der Waals surface area contributed by atoms with Gasteiger partial charge in [-0.05, 0) is 23.8 Å². The lowest BCUT2D eigenvalue weighted by molar-refractivity contribution is -0.883. The van der Waals surface area contributed by atoms with Crippen LogP contribution in [0.5, 0.6) is 11.5 Å². The predicted molar refractivity (Wildman–Crippen MR) is 102 cm³/mol. The minimum Gasteiger partial charge on any atom is -0.493 e. The number of ether oxygens (including phenoxy) is 2. The van der Waals surface area contributed by atoms with Crippen molar-refractivity contribution >= 4 is 10.9 Å². The van der Waals surface area contributed by atoms with E-state index in [9.17, 15) is 0 Å². The molecule has 0 atom stereocenters. The number of methoxy groups -OCH3 is 2. The molecule has 4 heteroatoms. The van der Waals surface area contributed by atoms with Gasteiger partial charge in [0.2, 0.25) is 0 Å². The fourth-order valence-electron chi connectivity index (χ4n) is 3.27. The second-order valence-electron chi connectivity index (χ2n) is 7.44. The van der Waals surface area contributed by atoms with Gasteiger partial charge in [-0.2, -0.15) is 0 Å². The van der Waals surface area contributed by atoms with Crippen LogP contribution < -0.4 is 9.47 Å². The van der Waals surface area contributed by atoms with Gasteiger partial charge in [-0.1, -0.05) is 24.3 Å². The standard InChI is InChI=1S/C21H27N2O2/c1-23(2,3)15-17-14-22(19-9-7-6-8-18(17)19)13-16-10-11-20(24-4)21(12-16)25-5/h6-12,14H,13,15H2,1-5H3/q+1. The molecule has 4 nitrogen and oxygen atoms in total. The molecule has 3 aromatic rings. The first-order chi connectivity index (χ1) is 11.9. The molecule has 25 heavy (non-hydrogen) atoms. The first kappa shape index (κ1) is 17.4. The van der Waals surface area contributed by atoms with E-state index in [1.807, 2.05) is 12.1 Å². The summed E-state index contributed by atoms with van der Waals surface area (Å²) in [6.45, 7) is 1.80. The number of nitrogens with zero attached hydrogens (tertiary/aromatic N) is 2. The van der Waals surface area contributed by atoms with Gasteiger partial charge >= 0.3 is 0 Å². The van der Waals surface area contributed by atoms with Crippen molar-refractivity contribution < 1.29 is 14.0 Å². The van der Waals surface area contributed by atoms with Crippen LogP contribution in [0.25, 0.3) is 10.9 Å². The molecule has 1 aromatic heterocycles. The molecule has 0 N–H and O–H groups in total. The fourth-order valence-corrected chi connectivity index (χ4v) is 3.27. The van der Waals surface area contributed by atoms with Crippen molar-refractivity contribution in [3.63, 3.8) is 0 Å². The number of fused-ring (bicyclic) bond motifs is 1. The number of quaternary nitrogens is 1. The zero-order valence-electron chi connectivity index (χ0n) is 15.7. The van der Waals surface area contributed by atoms with Crippen molar-refractivity contribution in [3.8, 4) is 11.5 Å². The van der Waals surface area contributed by atoms with E-state index in [1.165, 1.54) is 22.0 Å². The topological polar surface area (TPSA) is 23.4 Å². The SMILES string of the molecule is COc1ccc(Cn2cc(C[N+](C)(C)C)c3ccccc32)cc1OC. The van der Waals surface area contributed by atoms with Crippen LogP contribution in [-0.4, -0.2) is 44.4 Å². The van der Waals surface area contributed by atoms with Crippen molar-refractivity contribution in [1.29, 1.82) is 0 Å². The Hall–Kier alpha value is -2.46. The van der Waals surface area contributed by atoms with E-state index in [2.05, 4.69) is 62.2 Å². The summed E-state index contributed by atoms with van der Waals surface area (Å²) in [7, 11) is 10.0. The Balaban J connectivity index is 1.99. The van der Waals surface area contributed by atoms with Crippen molar-refractivity contribution in [1.82, 2.24) is 4.57 Å². The smallest absolute Gasteiger partial charge is 0.161 e. The van der Waals surface area contributed by atoms with Crippen LogP contribution in [0.4, 0.5) is 0 Å². The van der Waals surface area contributed by atoms with E-state index < -0.39 is 0 Å². The third-order valence-corrected chi connectivity index (χ3v) is 4.32. The number of hydrogen-bond acceptors (Lipinski definition) is 2.